The number of aromatic amines is 2. The molecule has 0 saturated carbocycles. The van der Waals surface area contributed by atoms with Gasteiger partial charge in [0.2, 0.25) is 0 Å². The topological polar surface area (TPSA) is 94.8 Å². The fraction of sp³-hybridized carbons (Fsp3) is 0.0625. The lowest BCUT2D eigenvalue weighted by Crippen LogP contribution is -2.21. The Kier molecular flexibility index (Phi) is 3.34. The van der Waals surface area contributed by atoms with Crippen molar-refractivity contribution in [2.45, 2.75) is 6.92 Å². The van der Waals surface area contributed by atoms with Gasteiger partial charge in [-0.2, -0.15) is 0 Å². The zero-order valence-corrected chi connectivity index (χ0v) is 11.8. The van der Waals surface area contributed by atoms with Crippen LogP contribution in [0.4, 0.5) is 5.69 Å². The number of hydrogen-bond acceptors (Lipinski definition) is 3. The van der Waals surface area contributed by atoms with Crippen molar-refractivity contribution in [2.24, 2.45) is 0 Å². The molecule has 6 nitrogen and oxygen atoms in total. The fourth-order valence-corrected chi connectivity index (χ4v) is 2.23. The van der Waals surface area contributed by atoms with Crippen molar-refractivity contribution in [1.82, 2.24) is 10.2 Å². The van der Waals surface area contributed by atoms with Crippen LogP contribution in [0.15, 0.2) is 52.1 Å². The van der Waals surface area contributed by atoms with E-state index in [0.29, 0.717) is 11.3 Å². The number of aromatic nitrogens is 2. The van der Waals surface area contributed by atoms with E-state index < -0.39 is 11.1 Å². The van der Waals surface area contributed by atoms with Gasteiger partial charge in [-0.25, -0.2) is 0 Å². The summed E-state index contributed by atoms with van der Waals surface area (Å²) in [6.45, 7) is 1.93. The average molecular weight is 295 g/mol. The minimum Gasteiger partial charge on any atom is -0.321 e. The lowest BCUT2D eigenvalue weighted by Gasteiger charge is -2.08. The monoisotopic (exact) mass is 295 g/mol. The van der Waals surface area contributed by atoms with Crippen molar-refractivity contribution in [2.75, 3.05) is 5.32 Å². The highest BCUT2D eigenvalue weighted by atomic mass is 16.2. The third-order valence-electron chi connectivity index (χ3n) is 3.39. The van der Waals surface area contributed by atoms with E-state index in [1.807, 2.05) is 19.1 Å². The summed E-state index contributed by atoms with van der Waals surface area (Å²) in [6.07, 6.45) is 0. The summed E-state index contributed by atoms with van der Waals surface area (Å²) in [5, 5.41) is 7.58. The quantitative estimate of drug-likeness (QED) is 0.672. The van der Waals surface area contributed by atoms with Crippen LogP contribution in [0, 0.1) is 6.92 Å². The van der Waals surface area contributed by atoms with Crippen molar-refractivity contribution in [3.63, 3.8) is 0 Å². The van der Waals surface area contributed by atoms with Gasteiger partial charge >= 0.3 is 0 Å². The summed E-state index contributed by atoms with van der Waals surface area (Å²) in [4.78, 5) is 35.9. The molecule has 110 valence electrons. The molecule has 0 spiro atoms. The molecule has 1 amide bonds. The smallest absolute Gasteiger partial charge is 0.272 e. The Balaban J connectivity index is 2.06. The molecule has 22 heavy (non-hydrogen) atoms. The normalized spacial score (nSPS) is 10.6. The van der Waals surface area contributed by atoms with Crippen molar-refractivity contribution in [3.8, 4) is 0 Å². The maximum atomic E-state index is 12.3. The van der Waals surface area contributed by atoms with Gasteiger partial charge in [-0.1, -0.05) is 23.8 Å². The highest BCUT2D eigenvalue weighted by Gasteiger charge is 2.11. The summed E-state index contributed by atoms with van der Waals surface area (Å²) in [6, 6.07) is 11.8. The van der Waals surface area contributed by atoms with Gasteiger partial charge in [-0.3, -0.25) is 24.6 Å². The fourth-order valence-electron chi connectivity index (χ4n) is 2.23. The number of rotatable bonds is 2. The molecule has 0 aliphatic heterocycles. The maximum Gasteiger partial charge on any atom is 0.272 e. The van der Waals surface area contributed by atoms with E-state index in [2.05, 4.69) is 15.5 Å². The van der Waals surface area contributed by atoms with E-state index in [9.17, 15) is 14.4 Å². The summed E-state index contributed by atoms with van der Waals surface area (Å²) in [7, 11) is 0. The molecule has 3 N–H and O–H groups in total. The van der Waals surface area contributed by atoms with Crippen LogP contribution in [0.2, 0.25) is 0 Å². The number of hydrogen-bond donors (Lipinski definition) is 3. The lowest BCUT2D eigenvalue weighted by molar-refractivity contribution is 0.102. The van der Waals surface area contributed by atoms with Gasteiger partial charge in [0.05, 0.1) is 16.5 Å². The van der Waals surface area contributed by atoms with Crippen LogP contribution in [-0.4, -0.2) is 16.1 Å². The zero-order chi connectivity index (χ0) is 15.7. The Labute approximate surface area is 124 Å². The molecule has 0 saturated heterocycles. The third-order valence-corrected chi connectivity index (χ3v) is 3.39. The van der Waals surface area contributed by atoms with Crippen LogP contribution >= 0.6 is 0 Å². The van der Waals surface area contributed by atoms with Gasteiger partial charge in [0.15, 0.2) is 0 Å². The second-order valence-corrected chi connectivity index (χ2v) is 4.96. The molecule has 3 aromatic rings. The molecule has 0 radical (unpaired) electrons. The molecule has 0 bridgehead atoms. The molecule has 3 rings (SSSR count). The van der Waals surface area contributed by atoms with Crippen LogP contribution in [0.25, 0.3) is 10.8 Å². The Hall–Kier alpha value is -3.15. The number of fused-ring (bicyclic) bond motifs is 1. The first-order chi connectivity index (χ1) is 10.6. The molecule has 1 heterocycles. The molecule has 0 fully saturated rings. The average Bonchev–Trinajstić information content (AvgIpc) is 2.52. The Morgan fingerprint density at radius 1 is 0.955 bits per heavy atom. The first-order valence-electron chi connectivity index (χ1n) is 6.68. The molecule has 2 aromatic carbocycles. The highest BCUT2D eigenvalue weighted by molar-refractivity contribution is 6.08. The SMILES string of the molecule is Cc1ccc(C(=O)Nc2cccc3c(=O)[nH][nH]c(=O)c23)cc1. The Morgan fingerprint density at radius 3 is 2.36 bits per heavy atom. The van der Waals surface area contributed by atoms with Gasteiger partial charge in [0, 0.05) is 5.56 Å². The van der Waals surface area contributed by atoms with Crippen LogP contribution in [-0.2, 0) is 0 Å². The third kappa shape index (κ3) is 2.42. The molecule has 6 heteroatoms. The minimum atomic E-state index is -0.464. The minimum absolute atomic E-state index is 0.159. The Bertz CT molecular complexity index is 968. The van der Waals surface area contributed by atoms with E-state index in [4.69, 9.17) is 0 Å². The number of benzene rings is 2. The van der Waals surface area contributed by atoms with Gasteiger partial charge < -0.3 is 5.32 Å². The second kappa shape index (κ2) is 5.33. The summed E-state index contributed by atoms with van der Waals surface area (Å²) < 4.78 is 0. The Morgan fingerprint density at radius 2 is 1.64 bits per heavy atom. The molecule has 0 unspecified atom stereocenters. The van der Waals surface area contributed by atoms with Crippen LogP contribution in [0.3, 0.4) is 0 Å². The first kappa shape index (κ1) is 13.8. The zero-order valence-electron chi connectivity index (χ0n) is 11.8. The number of carbonyl (C=O) groups excluding carboxylic acids is 1. The molecule has 0 aliphatic rings. The van der Waals surface area contributed by atoms with E-state index in [1.165, 1.54) is 6.07 Å². The van der Waals surface area contributed by atoms with Crippen LogP contribution in [0.1, 0.15) is 15.9 Å². The van der Waals surface area contributed by atoms with Crippen LogP contribution < -0.4 is 16.4 Å². The summed E-state index contributed by atoms with van der Waals surface area (Å²) >= 11 is 0. The van der Waals surface area contributed by atoms with Crippen LogP contribution in [0.5, 0.6) is 0 Å². The number of carbonyl (C=O) groups is 1. The van der Waals surface area contributed by atoms with E-state index in [1.54, 1.807) is 24.3 Å². The predicted molar refractivity (Wildman–Crippen MR) is 84.3 cm³/mol. The van der Waals surface area contributed by atoms with Crippen molar-refractivity contribution >= 4 is 22.4 Å². The van der Waals surface area contributed by atoms with Gasteiger partial charge in [0.25, 0.3) is 17.0 Å². The number of nitrogens with one attached hydrogen (secondary N) is 3. The summed E-state index contributed by atoms with van der Waals surface area (Å²) in [5.41, 5.74) is 0.944. The summed E-state index contributed by atoms with van der Waals surface area (Å²) in [5.74, 6) is -0.341. The lowest BCUT2D eigenvalue weighted by atomic mass is 10.1. The number of H-pyrrole nitrogens is 2. The van der Waals surface area contributed by atoms with Crippen molar-refractivity contribution in [1.29, 1.82) is 0 Å². The largest absolute Gasteiger partial charge is 0.321 e. The second-order valence-electron chi connectivity index (χ2n) is 4.96. The van der Waals surface area contributed by atoms with E-state index >= 15 is 0 Å². The first-order valence-corrected chi connectivity index (χ1v) is 6.68. The molecule has 0 atom stereocenters. The molecule has 1 aromatic heterocycles. The number of amides is 1. The van der Waals surface area contributed by atoms with Gasteiger partial charge in [0.1, 0.15) is 0 Å². The highest BCUT2D eigenvalue weighted by Crippen LogP contribution is 2.17. The maximum absolute atomic E-state index is 12.3. The van der Waals surface area contributed by atoms with E-state index in [-0.39, 0.29) is 16.7 Å². The predicted octanol–water partition coefficient (Wildman–Crippen LogP) is 1.78. The molecular formula is C16H13N3O3. The van der Waals surface area contributed by atoms with Gasteiger partial charge in [-0.05, 0) is 31.2 Å². The standard InChI is InChI=1S/C16H13N3O3/c1-9-5-7-10(8-6-9)14(20)17-12-4-2-3-11-13(12)16(22)19-18-15(11)21/h2-8H,1H3,(H,17,20)(H,18,21)(H,19,22). The van der Waals surface area contributed by atoms with Gasteiger partial charge in [-0.15, -0.1) is 0 Å². The number of aryl methyl sites for hydroxylation is 1. The molecular weight excluding hydrogens is 282 g/mol. The van der Waals surface area contributed by atoms with Crippen molar-refractivity contribution < 1.29 is 4.79 Å². The molecule has 0 aliphatic carbocycles. The number of anilines is 1. The van der Waals surface area contributed by atoms with E-state index in [0.717, 1.165) is 5.56 Å². The van der Waals surface area contributed by atoms with Crippen molar-refractivity contribution in [3.05, 3.63) is 74.3 Å².